The monoisotopic (exact) mass is 379 g/mol. The van der Waals surface area contributed by atoms with Gasteiger partial charge in [0, 0.05) is 55.9 Å². The van der Waals surface area contributed by atoms with E-state index in [1.54, 1.807) is 12.1 Å². The lowest BCUT2D eigenvalue weighted by Crippen LogP contribution is -2.50. The molecule has 7 heteroatoms. The second-order valence-electron chi connectivity index (χ2n) is 7.29. The van der Waals surface area contributed by atoms with E-state index in [-0.39, 0.29) is 11.5 Å². The Morgan fingerprint density at radius 1 is 1.07 bits per heavy atom. The minimum Gasteiger partial charge on any atom is -0.361 e. The lowest BCUT2D eigenvalue weighted by molar-refractivity contribution is -0.132. The number of piperazine rings is 1. The van der Waals surface area contributed by atoms with Crippen LogP contribution in [0, 0.1) is 6.92 Å². The highest BCUT2D eigenvalue weighted by Gasteiger charge is 2.22. The van der Waals surface area contributed by atoms with Crippen LogP contribution in [0.4, 0.5) is 0 Å². The van der Waals surface area contributed by atoms with Crippen molar-refractivity contribution in [2.45, 2.75) is 19.9 Å². The van der Waals surface area contributed by atoms with Crippen molar-refractivity contribution >= 4 is 16.8 Å². The van der Waals surface area contributed by atoms with Crippen molar-refractivity contribution in [2.24, 2.45) is 0 Å². The molecule has 1 aliphatic heterocycles. The molecular formula is C21H25N5O2. The second kappa shape index (κ2) is 7.98. The van der Waals surface area contributed by atoms with Crippen LogP contribution in [0.1, 0.15) is 11.3 Å². The van der Waals surface area contributed by atoms with Crippen molar-refractivity contribution in [3.63, 3.8) is 0 Å². The van der Waals surface area contributed by atoms with Gasteiger partial charge in [-0.25, -0.2) is 4.68 Å². The number of amides is 1. The molecule has 0 atom stereocenters. The largest absolute Gasteiger partial charge is 0.361 e. The van der Waals surface area contributed by atoms with E-state index in [1.165, 1.54) is 4.68 Å². The van der Waals surface area contributed by atoms with Gasteiger partial charge in [0.1, 0.15) is 0 Å². The third-order valence-corrected chi connectivity index (χ3v) is 5.37. The molecule has 0 unspecified atom stereocenters. The summed E-state index contributed by atoms with van der Waals surface area (Å²) in [6.07, 6.45) is 2.36. The lowest BCUT2D eigenvalue weighted by atomic mass is 10.1. The van der Waals surface area contributed by atoms with Crippen molar-refractivity contribution < 1.29 is 4.79 Å². The van der Waals surface area contributed by atoms with Gasteiger partial charge in [-0.3, -0.25) is 14.5 Å². The van der Waals surface area contributed by atoms with Crippen molar-refractivity contribution in [3.05, 3.63) is 64.2 Å². The van der Waals surface area contributed by atoms with Crippen LogP contribution in [0.25, 0.3) is 10.9 Å². The topological polar surface area (TPSA) is 74.2 Å². The molecule has 0 bridgehead atoms. The third kappa shape index (κ3) is 3.99. The third-order valence-electron chi connectivity index (χ3n) is 5.37. The molecule has 1 amide bonds. The summed E-state index contributed by atoms with van der Waals surface area (Å²) >= 11 is 0. The summed E-state index contributed by atoms with van der Waals surface area (Å²) in [7, 11) is 0. The number of aryl methyl sites for hydroxylation is 1. The standard InChI is InChI=1S/C21H25N5O2/c1-16-6-7-20(27)26(23-16)13-10-24-8-11-25(12-9-24)21(28)14-17-15-22-19-5-3-2-4-18(17)19/h2-7,15,22H,8-14H2,1H3. The molecule has 3 aromatic rings. The van der Waals surface area contributed by atoms with Gasteiger partial charge in [-0.15, -0.1) is 0 Å². The molecule has 1 aliphatic rings. The van der Waals surface area contributed by atoms with Crippen LogP contribution in [0.5, 0.6) is 0 Å². The van der Waals surface area contributed by atoms with Gasteiger partial charge < -0.3 is 9.88 Å². The van der Waals surface area contributed by atoms with Gasteiger partial charge in [-0.2, -0.15) is 5.10 Å². The Hall–Kier alpha value is -2.93. The average molecular weight is 379 g/mol. The Morgan fingerprint density at radius 2 is 1.86 bits per heavy atom. The van der Waals surface area contributed by atoms with E-state index >= 15 is 0 Å². The summed E-state index contributed by atoms with van der Waals surface area (Å²) in [4.78, 5) is 32.0. The lowest BCUT2D eigenvalue weighted by Gasteiger charge is -2.34. The summed E-state index contributed by atoms with van der Waals surface area (Å²) in [5, 5.41) is 5.39. The highest BCUT2D eigenvalue weighted by Crippen LogP contribution is 2.19. The van der Waals surface area contributed by atoms with Gasteiger partial charge in [0.25, 0.3) is 5.56 Å². The summed E-state index contributed by atoms with van der Waals surface area (Å²) < 4.78 is 1.52. The van der Waals surface area contributed by atoms with Gasteiger partial charge >= 0.3 is 0 Å². The predicted molar refractivity (Wildman–Crippen MR) is 108 cm³/mol. The minimum atomic E-state index is -0.0712. The van der Waals surface area contributed by atoms with Crippen LogP contribution in [0.15, 0.2) is 47.4 Å². The fourth-order valence-corrected chi connectivity index (χ4v) is 3.72. The van der Waals surface area contributed by atoms with E-state index in [4.69, 9.17) is 0 Å². The van der Waals surface area contributed by atoms with Crippen LogP contribution >= 0.6 is 0 Å². The number of carbonyl (C=O) groups is 1. The van der Waals surface area contributed by atoms with Crippen molar-refractivity contribution in [3.8, 4) is 0 Å². The highest BCUT2D eigenvalue weighted by molar-refractivity contribution is 5.88. The fraction of sp³-hybridized carbons (Fsp3) is 0.381. The summed E-state index contributed by atoms with van der Waals surface area (Å²) in [5.74, 6) is 0.168. The van der Waals surface area contributed by atoms with Crippen LogP contribution in [0.3, 0.4) is 0 Å². The Bertz CT molecular complexity index is 1030. The predicted octanol–water partition coefficient (Wildman–Crippen LogP) is 1.42. The molecule has 1 fully saturated rings. The van der Waals surface area contributed by atoms with E-state index in [0.717, 1.165) is 54.9 Å². The van der Waals surface area contributed by atoms with E-state index in [1.807, 2.05) is 42.3 Å². The van der Waals surface area contributed by atoms with Crippen LogP contribution < -0.4 is 5.56 Å². The summed E-state index contributed by atoms with van der Waals surface area (Å²) in [5.41, 5.74) is 2.88. The average Bonchev–Trinajstić information content (AvgIpc) is 3.12. The maximum Gasteiger partial charge on any atom is 0.266 e. The molecule has 0 radical (unpaired) electrons. The number of aromatic nitrogens is 3. The first-order chi connectivity index (χ1) is 13.6. The number of fused-ring (bicyclic) bond motifs is 1. The quantitative estimate of drug-likeness (QED) is 0.728. The summed E-state index contributed by atoms with van der Waals surface area (Å²) in [6, 6.07) is 11.4. The first-order valence-corrected chi connectivity index (χ1v) is 9.70. The molecule has 7 nitrogen and oxygen atoms in total. The van der Waals surface area contributed by atoms with Gasteiger partial charge in [0.15, 0.2) is 0 Å². The van der Waals surface area contributed by atoms with Gasteiger partial charge in [0.2, 0.25) is 5.91 Å². The van der Waals surface area contributed by atoms with E-state index in [0.29, 0.717) is 13.0 Å². The first-order valence-electron chi connectivity index (χ1n) is 9.70. The molecule has 1 saturated heterocycles. The van der Waals surface area contributed by atoms with Crippen molar-refractivity contribution in [1.29, 1.82) is 0 Å². The van der Waals surface area contributed by atoms with Crippen LogP contribution in [-0.4, -0.2) is 63.2 Å². The number of hydrogen-bond acceptors (Lipinski definition) is 4. The summed E-state index contributed by atoms with van der Waals surface area (Å²) in [6.45, 7) is 6.30. The highest BCUT2D eigenvalue weighted by atomic mass is 16.2. The van der Waals surface area contributed by atoms with E-state index in [2.05, 4.69) is 15.0 Å². The molecule has 2 aromatic heterocycles. The van der Waals surface area contributed by atoms with Gasteiger partial charge in [0.05, 0.1) is 18.7 Å². The molecule has 3 heterocycles. The molecule has 4 rings (SSSR count). The molecule has 1 N–H and O–H groups in total. The molecule has 0 aliphatic carbocycles. The minimum absolute atomic E-state index is 0.0712. The Morgan fingerprint density at radius 3 is 2.68 bits per heavy atom. The molecule has 1 aromatic carbocycles. The van der Waals surface area contributed by atoms with Crippen LogP contribution in [0.2, 0.25) is 0 Å². The molecular weight excluding hydrogens is 354 g/mol. The van der Waals surface area contributed by atoms with Crippen LogP contribution in [-0.2, 0) is 17.8 Å². The number of benzene rings is 1. The zero-order chi connectivity index (χ0) is 19.5. The maximum atomic E-state index is 12.7. The number of carbonyl (C=O) groups excluding carboxylic acids is 1. The van der Waals surface area contributed by atoms with E-state index in [9.17, 15) is 9.59 Å². The van der Waals surface area contributed by atoms with Crippen molar-refractivity contribution in [1.82, 2.24) is 24.6 Å². The van der Waals surface area contributed by atoms with Gasteiger partial charge in [-0.1, -0.05) is 18.2 Å². The first kappa shape index (κ1) is 18.4. The fourth-order valence-electron chi connectivity index (χ4n) is 3.72. The van der Waals surface area contributed by atoms with Gasteiger partial charge in [-0.05, 0) is 24.6 Å². The maximum absolute atomic E-state index is 12.7. The molecule has 0 spiro atoms. The number of nitrogens with zero attached hydrogens (tertiary/aromatic N) is 4. The number of H-pyrrole nitrogens is 1. The van der Waals surface area contributed by atoms with E-state index < -0.39 is 0 Å². The normalized spacial score (nSPS) is 15.2. The Kier molecular flexibility index (Phi) is 5.25. The zero-order valence-electron chi connectivity index (χ0n) is 16.1. The number of nitrogens with one attached hydrogen (secondary N) is 1. The van der Waals surface area contributed by atoms with Crippen molar-refractivity contribution in [2.75, 3.05) is 32.7 Å². The molecule has 28 heavy (non-hydrogen) atoms. The number of hydrogen-bond donors (Lipinski definition) is 1. The second-order valence-corrected chi connectivity index (χ2v) is 7.29. The zero-order valence-corrected chi connectivity index (χ0v) is 16.1. The smallest absolute Gasteiger partial charge is 0.266 e. The molecule has 0 saturated carbocycles. The number of rotatable bonds is 5. The number of para-hydroxylation sites is 1. The Balaban J connectivity index is 1.29. The Labute approximate surface area is 163 Å². The number of aromatic amines is 1. The molecule has 146 valence electrons. The SMILES string of the molecule is Cc1ccc(=O)n(CCN2CCN(C(=O)Cc3c[nH]c4ccccc34)CC2)n1.